The van der Waals surface area contributed by atoms with Gasteiger partial charge in [0.25, 0.3) is 0 Å². The van der Waals surface area contributed by atoms with Gasteiger partial charge >= 0.3 is 6.03 Å². The maximum absolute atomic E-state index is 10.7. The third-order valence-corrected chi connectivity index (χ3v) is 1.59. The van der Waals surface area contributed by atoms with Crippen LogP contribution in [-0.4, -0.2) is 6.03 Å². The van der Waals surface area contributed by atoms with E-state index in [1.807, 2.05) is 13.0 Å². The van der Waals surface area contributed by atoms with Crippen LogP contribution < -0.4 is 11.1 Å². The molecule has 0 aromatic heterocycles. The highest BCUT2D eigenvalue weighted by Crippen LogP contribution is 2.11. The van der Waals surface area contributed by atoms with E-state index in [1.165, 1.54) is 0 Å². The van der Waals surface area contributed by atoms with Crippen molar-refractivity contribution in [1.29, 1.82) is 0 Å². The summed E-state index contributed by atoms with van der Waals surface area (Å²) in [6, 6.07) is -0.582. The lowest BCUT2D eigenvalue weighted by molar-refractivity contribution is 0.251. The van der Waals surface area contributed by atoms with Crippen LogP contribution in [0.25, 0.3) is 0 Å². The third kappa shape index (κ3) is 4.30. The predicted octanol–water partition coefficient (Wildman–Crippen LogP) is 2.25. The van der Waals surface area contributed by atoms with Crippen molar-refractivity contribution >= 4 is 6.03 Å². The topological polar surface area (TPSA) is 55.1 Å². The Morgan fingerprint density at radius 2 is 1.93 bits per heavy atom. The second kappa shape index (κ2) is 6.71. The van der Waals surface area contributed by atoms with Gasteiger partial charge in [0.05, 0.1) is 0 Å². The average molecular weight is 192 g/mol. The Hall–Kier alpha value is -1.77. The number of hydrogen-bond acceptors (Lipinski definition) is 1. The van der Waals surface area contributed by atoms with Gasteiger partial charge in [-0.1, -0.05) is 38.3 Å². The number of allylic oxidation sites excluding steroid dienone is 5. The van der Waals surface area contributed by atoms with Crippen LogP contribution in [-0.2, 0) is 0 Å². The Balaban J connectivity index is 4.88. The molecule has 76 valence electrons. The van der Waals surface area contributed by atoms with E-state index in [4.69, 9.17) is 5.73 Å². The lowest BCUT2D eigenvalue weighted by Gasteiger charge is -2.09. The van der Waals surface area contributed by atoms with Crippen LogP contribution >= 0.6 is 0 Å². The molecule has 0 aromatic rings. The molecule has 14 heavy (non-hydrogen) atoms. The Kier molecular flexibility index (Phi) is 5.87. The Labute approximate surface area is 84.7 Å². The molecule has 0 aromatic carbocycles. The molecule has 3 nitrogen and oxygen atoms in total. The second-order valence-electron chi connectivity index (χ2n) is 2.59. The number of nitrogens with two attached hydrogens (primary N) is 1. The zero-order valence-corrected chi connectivity index (χ0v) is 8.42. The molecule has 0 aliphatic carbocycles. The van der Waals surface area contributed by atoms with Crippen LogP contribution in [0.3, 0.4) is 0 Å². The zero-order chi connectivity index (χ0) is 11.0. The minimum atomic E-state index is -0.582. The summed E-state index contributed by atoms with van der Waals surface area (Å²) in [6.07, 6.45) is 7.57. The molecule has 0 bridgehead atoms. The van der Waals surface area contributed by atoms with E-state index in [0.29, 0.717) is 5.70 Å². The number of nitrogens with one attached hydrogen (secondary N) is 1. The molecule has 3 heteroatoms. The highest BCUT2D eigenvalue weighted by molar-refractivity contribution is 5.75. The number of urea groups is 1. The van der Waals surface area contributed by atoms with Crippen molar-refractivity contribution in [2.75, 3.05) is 0 Å². The SMILES string of the molecule is C=C/C=C(CC)\C(=C/C=C)NC(N)=O. The summed E-state index contributed by atoms with van der Waals surface area (Å²) in [7, 11) is 0. The maximum atomic E-state index is 10.7. The van der Waals surface area contributed by atoms with E-state index in [1.54, 1.807) is 18.2 Å². The van der Waals surface area contributed by atoms with E-state index in [-0.39, 0.29) is 0 Å². The van der Waals surface area contributed by atoms with Gasteiger partial charge in [-0.15, -0.1) is 0 Å². The summed E-state index contributed by atoms with van der Waals surface area (Å²) in [5.41, 5.74) is 6.65. The first kappa shape index (κ1) is 12.2. The molecule has 0 spiro atoms. The molecule has 0 unspecified atom stereocenters. The molecule has 0 saturated heterocycles. The quantitative estimate of drug-likeness (QED) is 0.645. The van der Waals surface area contributed by atoms with Crippen LogP contribution in [0, 0.1) is 0 Å². The molecule has 3 N–H and O–H groups in total. The summed E-state index contributed by atoms with van der Waals surface area (Å²) in [4.78, 5) is 10.7. The van der Waals surface area contributed by atoms with E-state index in [2.05, 4.69) is 18.5 Å². The van der Waals surface area contributed by atoms with Crippen molar-refractivity contribution in [3.05, 3.63) is 48.7 Å². The molecule has 0 aliphatic rings. The van der Waals surface area contributed by atoms with E-state index < -0.39 is 6.03 Å². The lowest BCUT2D eigenvalue weighted by Crippen LogP contribution is -2.29. The Morgan fingerprint density at radius 1 is 1.36 bits per heavy atom. The lowest BCUT2D eigenvalue weighted by atomic mass is 10.1. The minimum Gasteiger partial charge on any atom is -0.351 e. The van der Waals surface area contributed by atoms with Gasteiger partial charge in [0, 0.05) is 5.70 Å². The number of primary amides is 1. The molecular formula is C11H16N2O. The van der Waals surface area contributed by atoms with E-state index in [9.17, 15) is 4.79 Å². The van der Waals surface area contributed by atoms with Crippen LogP contribution in [0.1, 0.15) is 13.3 Å². The van der Waals surface area contributed by atoms with E-state index in [0.717, 1.165) is 12.0 Å². The maximum Gasteiger partial charge on any atom is 0.316 e. The molecule has 0 aliphatic heterocycles. The minimum absolute atomic E-state index is 0.582. The fourth-order valence-electron chi connectivity index (χ4n) is 1.02. The molecule has 0 fully saturated rings. The number of rotatable bonds is 5. The van der Waals surface area contributed by atoms with Crippen molar-refractivity contribution in [3.8, 4) is 0 Å². The smallest absolute Gasteiger partial charge is 0.316 e. The average Bonchev–Trinajstić information content (AvgIpc) is 2.13. The van der Waals surface area contributed by atoms with Gasteiger partial charge < -0.3 is 11.1 Å². The first-order chi connectivity index (χ1) is 6.65. The summed E-state index contributed by atoms with van der Waals surface area (Å²) >= 11 is 0. The number of carbonyl (C=O) groups is 1. The Morgan fingerprint density at radius 3 is 2.29 bits per heavy atom. The van der Waals surface area contributed by atoms with Gasteiger partial charge in [-0.05, 0) is 18.1 Å². The molecule has 0 radical (unpaired) electrons. The third-order valence-electron chi connectivity index (χ3n) is 1.59. The first-order valence-corrected chi connectivity index (χ1v) is 4.36. The monoisotopic (exact) mass is 192 g/mol. The van der Waals surface area contributed by atoms with Gasteiger partial charge in [-0.3, -0.25) is 0 Å². The summed E-state index contributed by atoms with van der Waals surface area (Å²) in [5, 5.41) is 2.53. The summed E-state index contributed by atoms with van der Waals surface area (Å²) in [6.45, 7) is 9.14. The van der Waals surface area contributed by atoms with Gasteiger partial charge in [0.1, 0.15) is 0 Å². The normalized spacial score (nSPS) is 12.1. The molecule has 0 saturated carbocycles. The van der Waals surface area contributed by atoms with Crippen LogP contribution in [0.5, 0.6) is 0 Å². The highest BCUT2D eigenvalue weighted by Gasteiger charge is 2.03. The number of carbonyl (C=O) groups excluding carboxylic acids is 1. The van der Waals surface area contributed by atoms with Gasteiger partial charge in [0.2, 0.25) is 0 Å². The Bertz CT molecular complexity index is 288. The van der Waals surface area contributed by atoms with Crippen molar-refractivity contribution in [2.24, 2.45) is 5.73 Å². The molecule has 0 atom stereocenters. The van der Waals surface area contributed by atoms with Crippen molar-refractivity contribution in [2.45, 2.75) is 13.3 Å². The predicted molar refractivity (Wildman–Crippen MR) is 59.6 cm³/mol. The highest BCUT2D eigenvalue weighted by atomic mass is 16.2. The van der Waals surface area contributed by atoms with Crippen LogP contribution in [0.4, 0.5) is 4.79 Å². The summed E-state index contributed by atoms with van der Waals surface area (Å²) in [5.74, 6) is 0. The first-order valence-electron chi connectivity index (χ1n) is 4.36. The largest absolute Gasteiger partial charge is 0.351 e. The van der Waals surface area contributed by atoms with Crippen molar-refractivity contribution in [3.63, 3.8) is 0 Å². The molecule has 0 heterocycles. The van der Waals surface area contributed by atoms with Crippen molar-refractivity contribution < 1.29 is 4.79 Å². The summed E-state index contributed by atoms with van der Waals surface area (Å²) < 4.78 is 0. The second-order valence-corrected chi connectivity index (χ2v) is 2.59. The standard InChI is InChI=1S/C11H16N2O/c1-4-7-9(6-3)10(8-5-2)13-11(12)14/h4-5,7-8H,1-2,6H2,3H3,(H3,12,13,14)/b9-7-,10-8+. The zero-order valence-electron chi connectivity index (χ0n) is 8.42. The fraction of sp³-hybridized carbons (Fsp3) is 0.182. The number of hydrogen-bond donors (Lipinski definition) is 2. The van der Waals surface area contributed by atoms with Gasteiger partial charge in [-0.25, -0.2) is 4.79 Å². The molecular weight excluding hydrogens is 176 g/mol. The molecule has 2 amide bonds. The fourth-order valence-corrected chi connectivity index (χ4v) is 1.02. The van der Waals surface area contributed by atoms with E-state index >= 15 is 0 Å². The van der Waals surface area contributed by atoms with Gasteiger partial charge in [0.15, 0.2) is 0 Å². The number of amides is 2. The van der Waals surface area contributed by atoms with Crippen molar-refractivity contribution in [1.82, 2.24) is 5.32 Å². The van der Waals surface area contributed by atoms with Gasteiger partial charge in [-0.2, -0.15) is 0 Å². The molecule has 0 rings (SSSR count). The van der Waals surface area contributed by atoms with Crippen LogP contribution in [0.2, 0.25) is 0 Å². The van der Waals surface area contributed by atoms with Crippen LogP contribution in [0.15, 0.2) is 48.7 Å².